The zero-order valence-electron chi connectivity index (χ0n) is 14.4. The molecule has 0 N–H and O–H groups in total. The Bertz CT molecular complexity index is 622. The summed E-state index contributed by atoms with van der Waals surface area (Å²) in [7, 11) is 0. The number of rotatable bonds is 9. The Morgan fingerprint density at radius 2 is 1.87 bits per heavy atom. The first-order valence-corrected chi connectivity index (χ1v) is 9.65. The maximum atomic E-state index is 6.00. The van der Waals surface area contributed by atoms with Gasteiger partial charge in [0.15, 0.2) is 0 Å². The van der Waals surface area contributed by atoms with E-state index in [2.05, 4.69) is 67.0 Å². The van der Waals surface area contributed by atoms with Gasteiger partial charge in [0.2, 0.25) is 0 Å². The van der Waals surface area contributed by atoms with Crippen molar-refractivity contribution in [3.05, 3.63) is 35.9 Å². The number of halogens is 1. The monoisotopic (exact) mass is 378 g/mol. The number of hydrogen-bond acceptors (Lipinski definition) is 2. The Kier molecular flexibility index (Phi) is 7.22. The zero-order valence-corrected chi connectivity index (χ0v) is 16.0. The Morgan fingerprint density at radius 1 is 1.04 bits per heavy atom. The summed E-state index contributed by atoms with van der Waals surface area (Å²) in [5.74, 6) is 2.50. The number of unbranched alkanes of at least 4 members (excludes halogenated alkanes) is 1. The third-order valence-corrected chi connectivity index (χ3v) is 4.34. The van der Waals surface area contributed by atoms with E-state index in [0.717, 1.165) is 49.3 Å². The number of hydrogen-bond donors (Lipinski definition) is 0. The Balaban J connectivity index is 2.19. The van der Waals surface area contributed by atoms with Crippen molar-refractivity contribution in [1.29, 1.82) is 0 Å². The standard InChI is InChI=1S/C20H27BrO2/c1-4-18-19-9-8-17(23-14-15(2)3)13-16(19)7-10-20(18)22-12-6-5-11-21/h7-10,13,15H,4-6,11-12,14H2,1-3H3. The SMILES string of the molecule is CCc1c(OCCCCBr)ccc2cc(OCC(C)C)ccc12. The highest BCUT2D eigenvalue weighted by Crippen LogP contribution is 2.31. The predicted octanol–water partition coefficient (Wildman–Crippen LogP) is 5.99. The topological polar surface area (TPSA) is 18.5 Å². The zero-order chi connectivity index (χ0) is 16.7. The molecule has 0 fully saturated rings. The first-order chi connectivity index (χ1) is 11.2. The van der Waals surface area contributed by atoms with E-state index in [0.29, 0.717) is 5.92 Å². The molecule has 2 aromatic rings. The smallest absolute Gasteiger partial charge is 0.123 e. The quantitative estimate of drug-likeness (QED) is 0.394. The van der Waals surface area contributed by atoms with Crippen molar-refractivity contribution in [2.75, 3.05) is 18.5 Å². The minimum atomic E-state index is 0.534. The lowest BCUT2D eigenvalue weighted by molar-refractivity contribution is 0.271. The Morgan fingerprint density at radius 3 is 2.57 bits per heavy atom. The molecular weight excluding hydrogens is 352 g/mol. The van der Waals surface area contributed by atoms with Crippen LogP contribution in [0.3, 0.4) is 0 Å². The summed E-state index contributed by atoms with van der Waals surface area (Å²) in [4.78, 5) is 0. The van der Waals surface area contributed by atoms with Crippen LogP contribution in [0.4, 0.5) is 0 Å². The molecule has 0 saturated carbocycles. The van der Waals surface area contributed by atoms with Gasteiger partial charge >= 0.3 is 0 Å². The van der Waals surface area contributed by atoms with Gasteiger partial charge in [-0.3, -0.25) is 0 Å². The molecule has 0 unspecified atom stereocenters. The lowest BCUT2D eigenvalue weighted by Crippen LogP contribution is -2.04. The molecule has 0 aliphatic carbocycles. The van der Waals surface area contributed by atoms with Crippen molar-refractivity contribution >= 4 is 26.7 Å². The van der Waals surface area contributed by atoms with Gasteiger partial charge in [0.25, 0.3) is 0 Å². The molecule has 0 amide bonds. The molecular formula is C20H27BrO2. The van der Waals surface area contributed by atoms with Gasteiger partial charge in [-0.15, -0.1) is 0 Å². The van der Waals surface area contributed by atoms with Gasteiger partial charge < -0.3 is 9.47 Å². The lowest BCUT2D eigenvalue weighted by Gasteiger charge is -2.14. The molecule has 0 aliphatic rings. The summed E-state index contributed by atoms with van der Waals surface area (Å²) >= 11 is 3.46. The van der Waals surface area contributed by atoms with E-state index in [4.69, 9.17) is 9.47 Å². The van der Waals surface area contributed by atoms with Crippen LogP contribution in [0.15, 0.2) is 30.3 Å². The van der Waals surface area contributed by atoms with Crippen LogP contribution in [0.2, 0.25) is 0 Å². The van der Waals surface area contributed by atoms with Crippen LogP contribution in [-0.2, 0) is 6.42 Å². The van der Waals surface area contributed by atoms with Crippen LogP contribution in [0.1, 0.15) is 39.2 Å². The molecule has 0 radical (unpaired) electrons. The summed E-state index contributed by atoms with van der Waals surface area (Å²) < 4.78 is 11.8. The highest BCUT2D eigenvalue weighted by atomic mass is 79.9. The average molecular weight is 379 g/mol. The van der Waals surface area contributed by atoms with E-state index in [1.54, 1.807) is 0 Å². The molecule has 0 aromatic heterocycles. The lowest BCUT2D eigenvalue weighted by atomic mass is 10.0. The number of aryl methyl sites for hydroxylation is 1. The number of benzene rings is 2. The second kappa shape index (κ2) is 9.17. The van der Waals surface area contributed by atoms with E-state index in [-0.39, 0.29) is 0 Å². The molecule has 3 heteroatoms. The summed E-state index contributed by atoms with van der Waals surface area (Å²) in [6, 6.07) is 10.6. The van der Waals surface area contributed by atoms with Gasteiger partial charge in [-0.25, -0.2) is 0 Å². The van der Waals surface area contributed by atoms with Crippen molar-refractivity contribution in [1.82, 2.24) is 0 Å². The maximum absolute atomic E-state index is 6.00. The van der Waals surface area contributed by atoms with Crippen LogP contribution < -0.4 is 9.47 Å². The first kappa shape index (κ1) is 18.1. The van der Waals surface area contributed by atoms with Gasteiger partial charge in [0, 0.05) is 10.9 Å². The van der Waals surface area contributed by atoms with Gasteiger partial charge in [-0.1, -0.05) is 48.8 Å². The van der Waals surface area contributed by atoms with E-state index in [1.165, 1.54) is 16.3 Å². The van der Waals surface area contributed by atoms with Gasteiger partial charge in [0.1, 0.15) is 11.5 Å². The van der Waals surface area contributed by atoms with E-state index in [9.17, 15) is 0 Å². The van der Waals surface area contributed by atoms with Crippen LogP contribution in [0.5, 0.6) is 11.5 Å². The van der Waals surface area contributed by atoms with Crippen LogP contribution >= 0.6 is 15.9 Å². The fraction of sp³-hybridized carbons (Fsp3) is 0.500. The highest BCUT2D eigenvalue weighted by molar-refractivity contribution is 9.09. The van der Waals surface area contributed by atoms with E-state index < -0.39 is 0 Å². The van der Waals surface area contributed by atoms with Gasteiger partial charge in [-0.2, -0.15) is 0 Å². The molecule has 2 nitrogen and oxygen atoms in total. The summed E-state index contributed by atoms with van der Waals surface area (Å²) in [6.45, 7) is 8.04. The molecule has 126 valence electrons. The minimum Gasteiger partial charge on any atom is -0.493 e. The average Bonchev–Trinajstić information content (AvgIpc) is 2.56. The summed E-state index contributed by atoms with van der Waals surface area (Å²) in [5, 5.41) is 3.52. The van der Waals surface area contributed by atoms with E-state index in [1.807, 2.05) is 0 Å². The second-order valence-corrected chi connectivity index (χ2v) is 7.02. The fourth-order valence-corrected chi connectivity index (χ4v) is 2.98. The van der Waals surface area contributed by atoms with E-state index >= 15 is 0 Å². The van der Waals surface area contributed by atoms with Gasteiger partial charge in [0.05, 0.1) is 13.2 Å². The molecule has 23 heavy (non-hydrogen) atoms. The molecule has 0 atom stereocenters. The predicted molar refractivity (Wildman–Crippen MR) is 102 cm³/mol. The third kappa shape index (κ3) is 5.13. The van der Waals surface area contributed by atoms with Gasteiger partial charge in [-0.05, 0) is 54.2 Å². The molecule has 0 saturated heterocycles. The van der Waals surface area contributed by atoms with Crippen molar-refractivity contribution in [3.63, 3.8) is 0 Å². The fourth-order valence-electron chi connectivity index (χ4n) is 2.58. The first-order valence-electron chi connectivity index (χ1n) is 8.53. The number of alkyl halides is 1. The minimum absolute atomic E-state index is 0.534. The Labute approximate surface area is 148 Å². The van der Waals surface area contributed by atoms with Crippen LogP contribution in [-0.4, -0.2) is 18.5 Å². The molecule has 0 spiro atoms. The Hall–Kier alpha value is -1.22. The van der Waals surface area contributed by atoms with Crippen LogP contribution in [0.25, 0.3) is 10.8 Å². The third-order valence-electron chi connectivity index (χ3n) is 3.78. The van der Waals surface area contributed by atoms with Crippen molar-refractivity contribution in [3.8, 4) is 11.5 Å². The second-order valence-electron chi connectivity index (χ2n) is 6.23. The molecule has 2 rings (SSSR count). The number of ether oxygens (including phenoxy) is 2. The van der Waals surface area contributed by atoms with Crippen LogP contribution in [0, 0.1) is 5.92 Å². The highest BCUT2D eigenvalue weighted by Gasteiger charge is 2.09. The number of fused-ring (bicyclic) bond motifs is 1. The largest absolute Gasteiger partial charge is 0.493 e. The summed E-state index contributed by atoms with van der Waals surface area (Å²) in [6.07, 6.45) is 3.19. The normalized spacial score (nSPS) is 11.2. The summed E-state index contributed by atoms with van der Waals surface area (Å²) in [5.41, 5.74) is 1.29. The molecule has 0 aliphatic heterocycles. The van der Waals surface area contributed by atoms with Crippen molar-refractivity contribution in [2.24, 2.45) is 5.92 Å². The molecule has 0 bridgehead atoms. The molecule has 0 heterocycles. The maximum Gasteiger partial charge on any atom is 0.123 e. The van der Waals surface area contributed by atoms with Crippen molar-refractivity contribution in [2.45, 2.75) is 40.0 Å². The van der Waals surface area contributed by atoms with Crippen molar-refractivity contribution < 1.29 is 9.47 Å². The molecule has 2 aromatic carbocycles.